The lowest BCUT2D eigenvalue weighted by Gasteiger charge is -2.18. The Morgan fingerprint density at radius 3 is 2.67 bits per heavy atom. The molecule has 112 valence electrons. The second-order valence-electron chi connectivity index (χ2n) is 4.86. The molecule has 0 amide bonds. The minimum Gasteiger partial charge on any atom is -0.345 e. The molecular formula is C12H18N8S. The van der Waals surface area contributed by atoms with Gasteiger partial charge in [0.2, 0.25) is 17.8 Å². The van der Waals surface area contributed by atoms with Crippen molar-refractivity contribution in [3.63, 3.8) is 0 Å². The van der Waals surface area contributed by atoms with Crippen LogP contribution in [0.3, 0.4) is 0 Å². The first-order valence-electron chi connectivity index (χ1n) is 6.90. The molecule has 0 spiro atoms. The molecule has 2 aromatic heterocycles. The van der Waals surface area contributed by atoms with Gasteiger partial charge in [0.15, 0.2) is 0 Å². The zero-order valence-electron chi connectivity index (χ0n) is 11.8. The van der Waals surface area contributed by atoms with E-state index in [1.807, 2.05) is 12.3 Å². The Morgan fingerprint density at radius 1 is 1.24 bits per heavy atom. The molecule has 1 saturated heterocycles. The van der Waals surface area contributed by atoms with Gasteiger partial charge in [-0.3, -0.25) is 5.43 Å². The molecule has 4 N–H and O–H groups in total. The van der Waals surface area contributed by atoms with E-state index in [0.717, 1.165) is 30.9 Å². The molecule has 3 rings (SSSR count). The number of nitrogens with zero attached hydrogens (tertiary/aromatic N) is 5. The van der Waals surface area contributed by atoms with E-state index in [2.05, 4.69) is 35.6 Å². The molecule has 9 heteroatoms. The average molecular weight is 306 g/mol. The van der Waals surface area contributed by atoms with Crippen molar-refractivity contribution in [1.82, 2.24) is 19.9 Å². The number of hydrogen-bond acceptors (Lipinski definition) is 9. The van der Waals surface area contributed by atoms with E-state index in [-0.39, 0.29) is 6.04 Å². The van der Waals surface area contributed by atoms with Crippen LogP contribution in [0.15, 0.2) is 11.6 Å². The summed E-state index contributed by atoms with van der Waals surface area (Å²) in [5, 5.41) is 6.18. The number of rotatable bonds is 5. The van der Waals surface area contributed by atoms with Crippen molar-refractivity contribution in [2.24, 2.45) is 5.84 Å². The maximum Gasteiger partial charge on any atom is 0.243 e. The van der Waals surface area contributed by atoms with E-state index in [9.17, 15) is 0 Å². The molecule has 0 aromatic carbocycles. The topological polar surface area (TPSA) is 105 Å². The molecule has 3 heterocycles. The lowest BCUT2D eigenvalue weighted by molar-refractivity contribution is 0.827. The third-order valence-electron chi connectivity index (χ3n) is 3.31. The molecule has 8 nitrogen and oxygen atoms in total. The molecular weight excluding hydrogens is 288 g/mol. The summed E-state index contributed by atoms with van der Waals surface area (Å²) in [6.45, 7) is 3.96. The van der Waals surface area contributed by atoms with Crippen LogP contribution < -0.4 is 21.5 Å². The van der Waals surface area contributed by atoms with Gasteiger partial charge in [-0.25, -0.2) is 10.8 Å². The Bertz CT molecular complexity index is 581. The average Bonchev–Trinajstić information content (AvgIpc) is 3.19. The summed E-state index contributed by atoms with van der Waals surface area (Å²) in [5.41, 5.74) is 2.50. The molecule has 0 aliphatic carbocycles. The van der Waals surface area contributed by atoms with E-state index >= 15 is 0 Å². The van der Waals surface area contributed by atoms with Crippen LogP contribution in [0.1, 0.15) is 30.8 Å². The predicted molar refractivity (Wildman–Crippen MR) is 83.2 cm³/mol. The van der Waals surface area contributed by atoms with Crippen LogP contribution in [0.4, 0.5) is 17.8 Å². The lowest BCUT2D eigenvalue weighted by Crippen LogP contribution is -2.23. The molecule has 1 unspecified atom stereocenters. The fourth-order valence-electron chi connectivity index (χ4n) is 2.26. The number of nitrogens with one attached hydrogen (secondary N) is 2. The maximum atomic E-state index is 5.45. The molecule has 0 radical (unpaired) electrons. The maximum absolute atomic E-state index is 5.45. The van der Waals surface area contributed by atoms with Crippen LogP contribution in [0.2, 0.25) is 0 Å². The van der Waals surface area contributed by atoms with E-state index in [1.54, 1.807) is 17.5 Å². The van der Waals surface area contributed by atoms with Gasteiger partial charge in [0, 0.05) is 24.7 Å². The predicted octanol–water partition coefficient (Wildman–Crippen LogP) is 1.39. The van der Waals surface area contributed by atoms with Crippen LogP contribution in [0.5, 0.6) is 0 Å². The van der Waals surface area contributed by atoms with Gasteiger partial charge in [-0.1, -0.05) is 0 Å². The first-order chi connectivity index (χ1) is 10.3. The highest BCUT2D eigenvalue weighted by molar-refractivity contribution is 7.09. The second kappa shape index (κ2) is 6.19. The van der Waals surface area contributed by atoms with Crippen LogP contribution in [0, 0.1) is 0 Å². The third kappa shape index (κ3) is 3.19. The van der Waals surface area contributed by atoms with Gasteiger partial charge in [-0.2, -0.15) is 15.0 Å². The summed E-state index contributed by atoms with van der Waals surface area (Å²) < 4.78 is 0. The minimum atomic E-state index is 0.0319. The summed E-state index contributed by atoms with van der Waals surface area (Å²) >= 11 is 1.59. The lowest BCUT2D eigenvalue weighted by atomic mass is 10.4. The van der Waals surface area contributed by atoms with Crippen molar-refractivity contribution < 1.29 is 0 Å². The van der Waals surface area contributed by atoms with Gasteiger partial charge >= 0.3 is 0 Å². The fourth-order valence-corrected chi connectivity index (χ4v) is 2.90. The first-order valence-corrected chi connectivity index (χ1v) is 7.78. The van der Waals surface area contributed by atoms with Gasteiger partial charge in [-0.15, -0.1) is 11.3 Å². The van der Waals surface area contributed by atoms with Gasteiger partial charge in [-0.05, 0) is 19.8 Å². The Kier molecular flexibility index (Phi) is 4.11. The van der Waals surface area contributed by atoms with Crippen molar-refractivity contribution in [3.05, 3.63) is 16.6 Å². The van der Waals surface area contributed by atoms with Crippen LogP contribution in [-0.4, -0.2) is 33.0 Å². The number of thiazole rings is 1. The fraction of sp³-hybridized carbons (Fsp3) is 0.500. The van der Waals surface area contributed by atoms with Gasteiger partial charge in [0.25, 0.3) is 0 Å². The monoisotopic (exact) mass is 306 g/mol. The number of hydrazine groups is 1. The van der Waals surface area contributed by atoms with Crippen LogP contribution >= 0.6 is 11.3 Å². The van der Waals surface area contributed by atoms with Crippen LogP contribution in [-0.2, 0) is 0 Å². The highest BCUT2D eigenvalue weighted by atomic mass is 32.1. The molecule has 1 aliphatic heterocycles. The normalized spacial score (nSPS) is 16.0. The quantitative estimate of drug-likeness (QED) is 0.562. The van der Waals surface area contributed by atoms with Crippen molar-refractivity contribution in [3.8, 4) is 0 Å². The summed E-state index contributed by atoms with van der Waals surface area (Å²) in [4.78, 5) is 19.5. The molecule has 1 fully saturated rings. The van der Waals surface area contributed by atoms with Crippen molar-refractivity contribution in [2.45, 2.75) is 25.8 Å². The molecule has 0 bridgehead atoms. The van der Waals surface area contributed by atoms with E-state index in [4.69, 9.17) is 5.84 Å². The standard InChI is InChI=1S/C12H18N8S/c1-8(9-14-4-7-21-9)15-10-16-11(19-13)18-12(17-10)20-5-2-3-6-20/h4,7-8H,2-3,5-6,13H2,1H3,(H2,15,16,17,18,19). The molecule has 1 atom stereocenters. The summed E-state index contributed by atoms with van der Waals surface area (Å²) in [6.07, 6.45) is 4.11. The summed E-state index contributed by atoms with van der Waals surface area (Å²) in [6, 6.07) is 0.0319. The first kappa shape index (κ1) is 14.0. The smallest absolute Gasteiger partial charge is 0.243 e. The minimum absolute atomic E-state index is 0.0319. The van der Waals surface area contributed by atoms with Crippen molar-refractivity contribution >= 4 is 29.2 Å². The van der Waals surface area contributed by atoms with Gasteiger partial charge in [0.1, 0.15) is 5.01 Å². The Labute approximate surface area is 126 Å². The highest BCUT2D eigenvalue weighted by Gasteiger charge is 2.18. The van der Waals surface area contributed by atoms with Crippen molar-refractivity contribution in [2.75, 3.05) is 28.7 Å². The highest BCUT2D eigenvalue weighted by Crippen LogP contribution is 2.22. The Morgan fingerprint density at radius 2 is 2.00 bits per heavy atom. The number of nitrogen functional groups attached to an aromatic ring is 1. The van der Waals surface area contributed by atoms with Gasteiger partial charge < -0.3 is 10.2 Å². The number of nitrogens with two attached hydrogens (primary N) is 1. The van der Waals surface area contributed by atoms with E-state index < -0.39 is 0 Å². The zero-order valence-corrected chi connectivity index (χ0v) is 12.6. The summed E-state index contributed by atoms with van der Waals surface area (Å²) in [7, 11) is 0. The molecule has 2 aromatic rings. The number of aromatic nitrogens is 4. The Balaban J connectivity index is 1.81. The summed E-state index contributed by atoms with van der Waals surface area (Å²) in [5.74, 6) is 6.97. The SMILES string of the molecule is CC(Nc1nc(NN)nc(N2CCCC2)n1)c1nccs1. The number of anilines is 3. The number of hydrogen-bond donors (Lipinski definition) is 3. The van der Waals surface area contributed by atoms with E-state index in [1.165, 1.54) is 0 Å². The third-order valence-corrected chi connectivity index (χ3v) is 4.27. The zero-order chi connectivity index (χ0) is 14.7. The largest absolute Gasteiger partial charge is 0.345 e. The van der Waals surface area contributed by atoms with Crippen molar-refractivity contribution in [1.29, 1.82) is 0 Å². The molecule has 1 aliphatic rings. The Hall–Kier alpha value is -2.00. The van der Waals surface area contributed by atoms with Crippen LogP contribution in [0.25, 0.3) is 0 Å². The molecule has 0 saturated carbocycles. The molecule has 21 heavy (non-hydrogen) atoms. The second-order valence-corrected chi connectivity index (χ2v) is 5.78. The van der Waals surface area contributed by atoms with E-state index in [0.29, 0.717) is 17.8 Å². The van der Waals surface area contributed by atoms with Gasteiger partial charge in [0.05, 0.1) is 6.04 Å².